The van der Waals surface area contributed by atoms with Crippen LogP contribution in [0.15, 0.2) is 42.5 Å². The van der Waals surface area contributed by atoms with Gasteiger partial charge < -0.3 is 10.1 Å². The molecule has 0 radical (unpaired) electrons. The molecular formula is C17H16ClNO3. The smallest absolute Gasteiger partial charge is 0.228 e. The molecule has 0 aliphatic rings. The molecule has 0 atom stereocenters. The van der Waals surface area contributed by atoms with Crippen molar-refractivity contribution < 1.29 is 14.3 Å². The minimum absolute atomic E-state index is 0.0469. The summed E-state index contributed by atoms with van der Waals surface area (Å²) in [6.07, 6.45) is 0.146. The van der Waals surface area contributed by atoms with E-state index in [0.29, 0.717) is 27.6 Å². The van der Waals surface area contributed by atoms with Gasteiger partial charge in [-0.05, 0) is 36.8 Å². The molecule has 0 fully saturated rings. The zero-order chi connectivity index (χ0) is 16.1. The molecule has 0 aliphatic heterocycles. The molecule has 0 spiro atoms. The van der Waals surface area contributed by atoms with Gasteiger partial charge in [0.1, 0.15) is 5.75 Å². The molecule has 114 valence electrons. The summed E-state index contributed by atoms with van der Waals surface area (Å²) in [6.45, 7) is 1.48. The van der Waals surface area contributed by atoms with E-state index < -0.39 is 0 Å². The number of carbonyl (C=O) groups is 2. The highest BCUT2D eigenvalue weighted by Gasteiger charge is 2.09. The number of amides is 1. The number of Topliss-reactive ketones (excluding diaryl/α,β-unsaturated/α-hetero) is 1. The van der Waals surface area contributed by atoms with Crippen LogP contribution in [0, 0.1) is 0 Å². The maximum atomic E-state index is 12.1. The molecule has 5 heteroatoms. The van der Waals surface area contributed by atoms with Gasteiger partial charge in [-0.15, -0.1) is 0 Å². The van der Waals surface area contributed by atoms with Crippen molar-refractivity contribution in [1.29, 1.82) is 0 Å². The van der Waals surface area contributed by atoms with Gasteiger partial charge in [0, 0.05) is 16.3 Å². The van der Waals surface area contributed by atoms with E-state index in [2.05, 4.69) is 5.32 Å². The fourth-order valence-corrected chi connectivity index (χ4v) is 2.23. The number of carbonyl (C=O) groups excluding carboxylic acids is 2. The van der Waals surface area contributed by atoms with Crippen LogP contribution in [-0.4, -0.2) is 18.8 Å². The van der Waals surface area contributed by atoms with E-state index in [-0.39, 0.29) is 18.1 Å². The van der Waals surface area contributed by atoms with Gasteiger partial charge in [-0.25, -0.2) is 0 Å². The first-order chi connectivity index (χ1) is 10.5. The molecule has 0 aromatic heterocycles. The molecular weight excluding hydrogens is 302 g/mol. The lowest BCUT2D eigenvalue weighted by atomic mass is 10.1. The van der Waals surface area contributed by atoms with E-state index in [9.17, 15) is 9.59 Å². The Hall–Kier alpha value is -2.33. The van der Waals surface area contributed by atoms with Gasteiger partial charge in [-0.1, -0.05) is 29.8 Å². The van der Waals surface area contributed by atoms with Gasteiger partial charge in [-0.2, -0.15) is 0 Å². The number of methoxy groups -OCH3 is 1. The molecule has 1 amide bonds. The molecule has 1 N–H and O–H groups in total. The van der Waals surface area contributed by atoms with Crippen molar-refractivity contribution in [3.05, 3.63) is 58.6 Å². The normalized spacial score (nSPS) is 10.1. The van der Waals surface area contributed by atoms with E-state index in [1.807, 2.05) is 0 Å². The maximum Gasteiger partial charge on any atom is 0.228 e. The van der Waals surface area contributed by atoms with Crippen LogP contribution < -0.4 is 10.1 Å². The average Bonchev–Trinajstić information content (AvgIpc) is 2.49. The minimum Gasteiger partial charge on any atom is -0.497 e. The first-order valence-electron chi connectivity index (χ1n) is 6.73. The second-order valence-corrected chi connectivity index (χ2v) is 5.23. The number of nitrogens with one attached hydrogen (secondary N) is 1. The average molecular weight is 318 g/mol. The molecule has 22 heavy (non-hydrogen) atoms. The minimum atomic E-state index is -0.201. The van der Waals surface area contributed by atoms with Crippen LogP contribution in [-0.2, 0) is 11.2 Å². The van der Waals surface area contributed by atoms with Gasteiger partial charge in [0.25, 0.3) is 0 Å². The Morgan fingerprint density at radius 1 is 1.18 bits per heavy atom. The summed E-state index contributed by atoms with van der Waals surface area (Å²) in [6, 6.07) is 12.0. The van der Waals surface area contributed by atoms with E-state index in [4.69, 9.17) is 16.3 Å². The molecule has 4 nitrogen and oxygen atoms in total. The van der Waals surface area contributed by atoms with Crippen molar-refractivity contribution in [2.24, 2.45) is 0 Å². The number of benzene rings is 2. The third-order valence-corrected chi connectivity index (χ3v) is 3.52. The predicted octanol–water partition coefficient (Wildman–Crippen LogP) is 3.73. The quantitative estimate of drug-likeness (QED) is 0.855. The Balaban J connectivity index is 2.07. The first kappa shape index (κ1) is 16.0. The molecule has 2 aromatic rings. The van der Waals surface area contributed by atoms with E-state index >= 15 is 0 Å². The number of halogens is 1. The van der Waals surface area contributed by atoms with E-state index in [1.165, 1.54) is 6.92 Å². The summed E-state index contributed by atoms with van der Waals surface area (Å²) in [5.74, 6) is 0.394. The van der Waals surface area contributed by atoms with Crippen LogP contribution >= 0.6 is 11.6 Å². The second-order valence-electron chi connectivity index (χ2n) is 4.82. The molecule has 0 unspecified atom stereocenters. The Morgan fingerprint density at radius 2 is 1.95 bits per heavy atom. The fourth-order valence-electron chi connectivity index (χ4n) is 1.99. The fraction of sp³-hybridized carbons (Fsp3) is 0.176. The van der Waals surface area contributed by atoms with Crippen molar-refractivity contribution >= 4 is 29.0 Å². The Labute approximate surface area is 134 Å². The molecule has 0 saturated heterocycles. The zero-order valence-electron chi connectivity index (χ0n) is 12.4. The Morgan fingerprint density at radius 3 is 2.59 bits per heavy atom. The van der Waals surface area contributed by atoms with Gasteiger partial charge in [0.2, 0.25) is 5.91 Å². The van der Waals surface area contributed by atoms with Gasteiger partial charge in [0.05, 0.1) is 13.5 Å². The topological polar surface area (TPSA) is 55.4 Å². The number of rotatable bonds is 5. The van der Waals surface area contributed by atoms with Crippen LogP contribution in [0.5, 0.6) is 5.75 Å². The SMILES string of the molecule is COc1ccc(CC(=O)Nc2cccc(C(C)=O)c2)c(Cl)c1. The first-order valence-corrected chi connectivity index (χ1v) is 7.10. The third kappa shape index (κ3) is 4.09. The lowest BCUT2D eigenvalue weighted by Gasteiger charge is -2.08. The molecule has 0 aliphatic carbocycles. The van der Waals surface area contributed by atoms with Gasteiger partial charge >= 0.3 is 0 Å². The lowest BCUT2D eigenvalue weighted by molar-refractivity contribution is -0.115. The van der Waals surface area contributed by atoms with E-state index in [1.54, 1.807) is 49.6 Å². The third-order valence-electron chi connectivity index (χ3n) is 3.16. The number of ether oxygens (including phenoxy) is 1. The van der Waals surface area contributed by atoms with Crippen LogP contribution in [0.4, 0.5) is 5.69 Å². The standard InChI is InChI=1S/C17H16ClNO3/c1-11(20)12-4-3-5-14(8-12)19-17(21)9-13-6-7-15(22-2)10-16(13)18/h3-8,10H,9H2,1-2H3,(H,19,21). The van der Waals surface area contributed by atoms with Crippen LogP contribution in [0.3, 0.4) is 0 Å². The molecule has 2 rings (SSSR count). The highest BCUT2D eigenvalue weighted by Crippen LogP contribution is 2.23. The summed E-state index contributed by atoms with van der Waals surface area (Å²) in [5, 5.41) is 3.24. The van der Waals surface area contributed by atoms with Crippen molar-refractivity contribution in [3.63, 3.8) is 0 Å². The maximum absolute atomic E-state index is 12.1. The number of anilines is 1. The lowest BCUT2D eigenvalue weighted by Crippen LogP contribution is -2.15. The molecule has 2 aromatic carbocycles. The van der Waals surface area contributed by atoms with Crippen LogP contribution in [0.2, 0.25) is 5.02 Å². The number of hydrogen-bond donors (Lipinski definition) is 1. The number of hydrogen-bond acceptors (Lipinski definition) is 3. The van der Waals surface area contributed by atoms with Crippen molar-refractivity contribution in [2.75, 3.05) is 12.4 Å². The second kappa shape index (κ2) is 7.09. The Bertz CT molecular complexity index is 713. The summed E-state index contributed by atoms with van der Waals surface area (Å²) in [5.41, 5.74) is 1.85. The largest absolute Gasteiger partial charge is 0.497 e. The molecule has 0 saturated carbocycles. The highest BCUT2D eigenvalue weighted by molar-refractivity contribution is 6.31. The summed E-state index contributed by atoms with van der Waals surface area (Å²) >= 11 is 6.12. The van der Waals surface area contributed by atoms with Gasteiger partial charge in [-0.3, -0.25) is 9.59 Å². The summed E-state index contributed by atoms with van der Waals surface area (Å²) < 4.78 is 5.07. The highest BCUT2D eigenvalue weighted by atomic mass is 35.5. The summed E-state index contributed by atoms with van der Waals surface area (Å²) in [7, 11) is 1.56. The molecule has 0 heterocycles. The Kier molecular flexibility index (Phi) is 5.17. The van der Waals surface area contributed by atoms with Crippen LogP contribution in [0.25, 0.3) is 0 Å². The van der Waals surface area contributed by atoms with E-state index in [0.717, 1.165) is 0 Å². The summed E-state index contributed by atoms with van der Waals surface area (Å²) in [4.78, 5) is 23.4. The van der Waals surface area contributed by atoms with Crippen molar-refractivity contribution in [3.8, 4) is 5.75 Å². The van der Waals surface area contributed by atoms with Crippen molar-refractivity contribution in [2.45, 2.75) is 13.3 Å². The molecule has 0 bridgehead atoms. The number of ketones is 1. The van der Waals surface area contributed by atoms with Gasteiger partial charge in [0.15, 0.2) is 5.78 Å². The zero-order valence-corrected chi connectivity index (χ0v) is 13.1. The predicted molar refractivity (Wildman–Crippen MR) is 86.8 cm³/mol. The van der Waals surface area contributed by atoms with Crippen LogP contribution in [0.1, 0.15) is 22.8 Å². The van der Waals surface area contributed by atoms with Crippen molar-refractivity contribution in [1.82, 2.24) is 0 Å². The monoisotopic (exact) mass is 317 g/mol.